The van der Waals surface area contributed by atoms with Crippen LogP contribution in [0.1, 0.15) is 31.9 Å². The number of alkyl halides is 1. The molecule has 136 valence electrons. The zero-order valence-electron chi connectivity index (χ0n) is 15.2. The molecule has 0 N–H and O–H groups in total. The molecule has 0 aliphatic rings. The highest BCUT2D eigenvalue weighted by molar-refractivity contribution is 9.08. The van der Waals surface area contributed by atoms with Crippen LogP contribution in [0.15, 0.2) is 59.2 Å². The number of benzene rings is 2. The van der Waals surface area contributed by atoms with Crippen LogP contribution < -0.4 is 4.74 Å². The Morgan fingerprint density at radius 3 is 2.50 bits per heavy atom. The standard InChI is InChI=1S/C21H22BrNO3/c1-21(2,3)23(14-15-7-5-4-6-8-15)20(24)26-19-12-16(13-22)11-18-17(19)9-10-25-18/h4-12H,13-14H2,1-3H3. The minimum Gasteiger partial charge on any atom is -0.464 e. The van der Waals surface area contributed by atoms with Gasteiger partial charge in [-0.15, -0.1) is 0 Å². The molecule has 1 aromatic heterocycles. The van der Waals surface area contributed by atoms with Gasteiger partial charge in [0, 0.05) is 17.4 Å². The van der Waals surface area contributed by atoms with Crippen LogP contribution in [0.5, 0.6) is 5.75 Å². The number of carbonyl (C=O) groups excluding carboxylic acids is 1. The lowest BCUT2D eigenvalue weighted by atomic mass is 10.1. The van der Waals surface area contributed by atoms with Crippen molar-refractivity contribution in [1.29, 1.82) is 0 Å². The van der Waals surface area contributed by atoms with E-state index in [1.54, 1.807) is 11.2 Å². The van der Waals surface area contributed by atoms with E-state index in [0.29, 0.717) is 23.2 Å². The Labute approximate surface area is 161 Å². The Bertz CT molecular complexity index is 897. The molecular weight excluding hydrogens is 394 g/mol. The highest BCUT2D eigenvalue weighted by Crippen LogP contribution is 2.31. The number of furan rings is 1. The van der Waals surface area contributed by atoms with Crippen LogP contribution in [0.4, 0.5) is 4.79 Å². The molecule has 5 heteroatoms. The first-order valence-corrected chi connectivity index (χ1v) is 9.60. The molecule has 3 rings (SSSR count). The quantitative estimate of drug-likeness (QED) is 0.481. The molecule has 4 nitrogen and oxygen atoms in total. The molecule has 1 amide bonds. The highest BCUT2D eigenvalue weighted by Gasteiger charge is 2.29. The van der Waals surface area contributed by atoms with Crippen molar-refractivity contribution in [1.82, 2.24) is 4.90 Å². The molecule has 1 heterocycles. The molecule has 2 aromatic carbocycles. The Morgan fingerprint density at radius 2 is 1.85 bits per heavy atom. The summed E-state index contributed by atoms with van der Waals surface area (Å²) in [5, 5.41) is 1.44. The fourth-order valence-electron chi connectivity index (χ4n) is 2.74. The first-order valence-electron chi connectivity index (χ1n) is 8.48. The van der Waals surface area contributed by atoms with E-state index < -0.39 is 0 Å². The number of fused-ring (bicyclic) bond motifs is 1. The third-order valence-corrected chi connectivity index (χ3v) is 4.81. The Balaban J connectivity index is 1.90. The van der Waals surface area contributed by atoms with E-state index >= 15 is 0 Å². The lowest BCUT2D eigenvalue weighted by Gasteiger charge is -2.34. The molecule has 0 aliphatic carbocycles. The molecule has 0 saturated heterocycles. The van der Waals surface area contributed by atoms with Gasteiger partial charge >= 0.3 is 6.09 Å². The molecule has 0 bridgehead atoms. The third kappa shape index (κ3) is 4.10. The second kappa shape index (κ2) is 7.54. The minimum absolute atomic E-state index is 0.379. The third-order valence-electron chi connectivity index (χ3n) is 4.16. The second-order valence-corrected chi connectivity index (χ2v) is 7.73. The summed E-state index contributed by atoms with van der Waals surface area (Å²) in [4.78, 5) is 14.7. The minimum atomic E-state index is -0.379. The van der Waals surface area contributed by atoms with E-state index in [1.165, 1.54) is 0 Å². The maximum absolute atomic E-state index is 13.0. The highest BCUT2D eigenvalue weighted by atomic mass is 79.9. The van der Waals surface area contributed by atoms with Gasteiger partial charge in [0.25, 0.3) is 0 Å². The molecule has 0 spiro atoms. The van der Waals surface area contributed by atoms with E-state index in [2.05, 4.69) is 15.9 Å². The van der Waals surface area contributed by atoms with Crippen LogP contribution in [-0.2, 0) is 11.9 Å². The van der Waals surface area contributed by atoms with Crippen LogP contribution in [0.2, 0.25) is 0 Å². The summed E-state index contributed by atoms with van der Waals surface area (Å²) in [7, 11) is 0. The first-order chi connectivity index (χ1) is 12.4. The second-order valence-electron chi connectivity index (χ2n) is 7.17. The maximum Gasteiger partial charge on any atom is 0.415 e. The summed E-state index contributed by atoms with van der Waals surface area (Å²) in [5.41, 5.74) is 2.37. The molecular formula is C21H22BrNO3. The Hall–Kier alpha value is -2.27. The van der Waals surface area contributed by atoms with Gasteiger partial charge < -0.3 is 9.15 Å². The summed E-state index contributed by atoms with van der Waals surface area (Å²) in [6.45, 7) is 6.48. The van der Waals surface area contributed by atoms with Gasteiger partial charge in [0.15, 0.2) is 0 Å². The predicted octanol–water partition coefficient (Wildman–Crippen LogP) is 6.13. The topological polar surface area (TPSA) is 42.7 Å². The fraction of sp³-hybridized carbons (Fsp3) is 0.286. The largest absolute Gasteiger partial charge is 0.464 e. The lowest BCUT2D eigenvalue weighted by molar-refractivity contribution is 0.102. The molecule has 0 saturated carbocycles. The first kappa shape index (κ1) is 18.5. The number of hydrogen-bond donors (Lipinski definition) is 0. The van der Waals surface area contributed by atoms with E-state index in [4.69, 9.17) is 9.15 Å². The van der Waals surface area contributed by atoms with Crippen molar-refractivity contribution in [2.45, 2.75) is 38.2 Å². The van der Waals surface area contributed by atoms with Crippen LogP contribution in [0, 0.1) is 0 Å². The zero-order chi connectivity index (χ0) is 18.7. The van der Waals surface area contributed by atoms with Gasteiger partial charge in [-0.3, -0.25) is 4.90 Å². The molecule has 3 aromatic rings. The predicted molar refractivity (Wildman–Crippen MR) is 107 cm³/mol. The molecule has 26 heavy (non-hydrogen) atoms. The SMILES string of the molecule is CC(C)(C)N(Cc1ccccc1)C(=O)Oc1cc(CBr)cc2occc12. The van der Waals surface area contributed by atoms with Gasteiger partial charge in [0.1, 0.15) is 11.3 Å². The molecule has 0 radical (unpaired) electrons. The van der Waals surface area contributed by atoms with Crippen LogP contribution in [-0.4, -0.2) is 16.5 Å². The summed E-state index contributed by atoms with van der Waals surface area (Å²) in [5.74, 6) is 0.512. The summed E-state index contributed by atoms with van der Waals surface area (Å²) >= 11 is 3.44. The summed E-state index contributed by atoms with van der Waals surface area (Å²) < 4.78 is 11.3. The molecule has 0 unspecified atom stereocenters. The average molecular weight is 416 g/mol. The summed E-state index contributed by atoms with van der Waals surface area (Å²) in [6, 6.07) is 15.5. The van der Waals surface area contributed by atoms with Crippen molar-refractivity contribution in [2.75, 3.05) is 0 Å². The number of carbonyl (C=O) groups is 1. The smallest absolute Gasteiger partial charge is 0.415 e. The van der Waals surface area contributed by atoms with E-state index in [9.17, 15) is 4.79 Å². The molecule has 0 fully saturated rings. The number of hydrogen-bond acceptors (Lipinski definition) is 3. The van der Waals surface area contributed by atoms with Gasteiger partial charge in [0.2, 0.25) is 0 Å². The van der Waals surface area contributed by atoms with Crippen molar-refractivity contribution in [3.05, 3.63) is 65.9 Å². The normalized spacial score (nSPS) is 11.5. The van der Waals surface area contributed by atoms with Crippen molar-refractivity contribution in [2.24, 2.45) is 0 Å². The number of rotatable bonds is 4. The van der Waals surface area contributed by atoms with Crippen molar-refractivity contribution < 1.29 is 13.9 Å². The van der Waals surface area contributed by atoms with Crippen LogP contribution >= 0.6 is 15.9 Å². The lowest BCUT2D eigenvalue weighted by Crippen LogP contribution is -2.46. The molecule has 0 atom stereocenters. The Kier molecular flexibility index (Phi) is 5.37. The van der Waals surface area contributed by atoms with Gasteiger partial charge in [-0.2, -0.15) is 0 Å². The number of amides is 1. The van der Waals surface area contributed by atoms with Gasteiger partial charge in [-0.25, -0.2) is 4.79 Å². The molecule has 0 aliphatic heterocycles. The van der Waals surface area contributed by atoms with Crippen LogP contribution in [0.3, 0.4) is 0 Å². The Morgan fingerprint density at radius 1 is 1.12 bits per heavy atom. The van der Waals surface area contributed by atoms with Crippen molar-refractivity contribution >= 4 is 33.0 Å². The average Bonchev–Trinajstić information content (AvgIpc) is 3.08. The fourth-order valence-corrected chi connectivity index (χ4v) is 3.07. The van der Waals surface area contributed by atoms with Crippen LogP contribution in [0.25, 0.3) is 11.0 Å². The maximum atomic E-state index is 13.0. The van der Waals surface area contributed by atoms with Gasteiger partial charge in [0.05, 0.1) is 11.6 Å². The zero-order valence-corrected chi connectivity index (χ0v) is 16.7. The number of halogens is 1. The monoisotopic (exact) mass is 415 g/mol. The summed E-state index contributed by atoms with van der Waals surface area (Å²) in [6.07, 6.45) is 1.22. The van der Waals surface area contributed by atoms with Crippen molar-refractivity contribution in [3.63, 3.8) is 0 Å². The van der Waals surface area contributed by atoms with E-state index in [0.717, 1.165) is 16.5 Å². The van der Waals surface area contributed by atoms with Gasteiger partial charge in [-0.05, 0) is 50.1 Å². The number of nitrogens with zero attached hydrogens (tertiary/aromatic N) is 1. The van der Waals surface area contributed by atoms with E-state index in [1.807, 2.05) is 69.3 Å². The number of ether oxygens (including phenoxy) is 1. The van der Waals surface area contributed by atoms with E-state index in [-0.39, 0.29) is 11.6 Å². The van der Waals surface area contributed by atoms with Gasteiger partial charge in [-0.1, -0.05) is 46.3 Å². The van der Waals surface area contributed by atoms with Crippen molar-refractivity contribution in [3.8, 4) is 5.75 Å².